The second-order valence-corrected chi connectivity index (χ2v) is 5.62. The SMILES string of the molecule is CC(C)N1C=C2c3ccccc3-c3ccc[c-]c3C2[N-]1.[CH3-].[Ir+3].[Y]. The van der Waals surface area contributed by atoms with Crippen LogP contribution in [0.2, 0.25) is 0 Å². The maximum Gasteiger partial charge on any atom is 3.00 e. The van der Waals surface area contributed by atoms with Gasteiger partial charge in [-0.15, -0.1) is 5.56 Å². The van der Waals surface area contributed by atoms with Crippen molar-refractivity contribution in [3.63, 3.8) is 0 Å². The third-order valence-electron chi connectivity index (χ3n) is 4.03. The predicted octanol–water partition coefficient (Wildman–Crippen LogP) is 5.01. The molecule has 1 aliphatic heterocycles. The maximum atomic E-state index is 4.86. The van der Waals surface area contributed by atoms with Crippen LogP contribution < -0.4 is 0 Å². The standard InChI is InChI=1S/C18H16N2.CH3.Ir.Y/c1-12(2)20-11-17-15-9-4-3-7-13(15)14-8-5-6-10-16(14)18(17)19-20;;;/h3-9,11-12,18H,1-2H3;1H3;;/q-2;-1;+3;. The Bertz CT molecular complexity index is 712. The van der Waals surface area contributed by atoms with Crippen LogP contribution in [0.25, 0.3) is 22.1 Å². The van der Waals surface area contributed by atoms with Crippen molar-refractivity contribution in [1.82, 2.24) is 5.01 Å². The molecule has 1 unspecified atom stereocenters. The fourth-order valence-electron chi connectivity index (χ4n) is 3.04. The molecule has 2 nitrogen and oxygen atoms in total. The van der Waals surface area contributed by atoms with Crippen molar-refractivity contribution in [3.05, 3.63) is 78.7 Å². The first-order chi connectivity index (χ1) is 9.75. The Morgan fingerprint density at radius 1 is 1.04 bits per heavy atom. The predicted molar refractivity (Wildman–Crippen MR) is 88.2 cm³/mol. The average Bonchev–Trinajstić information content (AvgIpc) is 2.93. The van der Waals surface area contributed by atoms with E-state index >= 15 is 0 Å². The van der Waals surface area contributed by atoms with Crippen molar-refractivity contribution in [2.45, 2.75) is 25.9 Å². The van der Waals surface area contributed by atoms with Gasteiger partial charge in [0.2, 0.25) is 0 Å². The Morgan fingerprint density at radius 2 is 1.70 bits per heavy atom. The van der Waals surface area contributed by atoms with Gasteiger partial charge in [-0.25, -0.2) is 0 Å². The van der Waals surface area contributed by atoms with Gasteiger partial charge in [0.05, 0.1) is 0 Å². The number of hydrogen-bond acceptors (Lipinski definition) is 1. The van der Waals surface area contributed by atoms with Crippen molar-refractivity contribution >= 4 is 5.57 Å². The van der Waals surface area contributed by atoms with Gasteiger partial charge < -0.3 is 17.9 Å². The van der Waals surface area contributed by atoms with Crippen molar-refractivity contribution < 1.29 is 52.8 Å². The van der Waals surface area contributed by atoms with Crippen molar-refractivity contribution in [3.8, 4) is 11.1 Å². The summed E-state index contributed by atoms with van der Waals surface area (Å²) in [7, 11) is 0. The molecule has 2 aromatic carbocycles. The second kappa shape index (κ2) is 8.18. The van der Waals surface area contributed by atoms with E-state index in [1.165, 1.54) is 27.8 Å². The molecular weight excluding hydrogens is 537 g/mol. The number of benzene rings is 2. The molecule has 2 aromatic rings. The summed E-state index contributed by atoms with van der Waals surface area (Å²) in [5.41, 5.74) is 11.2. The van der Waals surface area contributed by atoms with Crippen LogP contribution >= 0.6 is 0 Å². The minimum Gasteiger partial charge on any atom is -0.560 e. The van der Waals surface area contributed by atoms with Crippen LogP contribution in [0.15, 0.2) is 48.7 Å². The first-order valence-corrected chi connectivity index (χ1v) is 7.07. The molecule has 0 N–H and O–H groups in total. The van der Waals surface area contributed by atoms with Gasteiger partial charge in [-0.3, -0.25) is 0 Å². The minimum atomic E-state index is 0. The van der Waals surface area contributed by atoms with E-state index in [0.29, 0.717) is 6.04 Å². The summed E-state index contributed by atoms with van der Waals surface area (Å²) < 4.78 is 0. The van der Waals surface area contributed by atoms with Crippen LogP contribution in [0.3, 0.4) is 0 Å². The van der Waals surface area contributed by atoms with Gasteiger partial charge in [0.25, 0.3) is 0 Å². The molecule has 1 radical (unpaired) electrons. The van der Waals surface area contributed by atoms with Crippen LogP contribution in [-0.4, -0.2) is 11.1 Å². The van der Waals surface area contributed by atoms with Gasteiger partial charge >= 0.3 is 20.1 Å². The van der Waals surface area contributed by atoms with Crippen LogP contribution in [0.4, 0.5) is 0 Å². The summed E-state index contributed by atoms with van der Waals surface area (Å²) in [6.07, 6.45) is 2.19. The molecule has 117 valence electrons. The molecule has 0 amide bonds. The van der Waals surface area contributed by atoms with Crippen LogP contribution in [0.5, 0.6) is 0 Å². The van der Waals surface area contributed by atoms with E-state index in [9.17, 15) is 0 Å². The van der Waals surface area contributed by atoms with Gasteiger partial charge in [0.1, 0.15) is 0 Å². The molecule has 4 rings (SSSR count). The zero-order valence-corrected chi connectivity index (χ0v) is 18.8. The molecule has 0 spiro atoms. The summed E-state index contributed by atoms with van der Waals surface area (Å²) >= 11 is 0. The van der Waals surface area contributed by atoms with Gasteiger partial charge in [-0.2, -0.15) is 29.8 Å². The zero-order valence-electron chi connectivity index (χ0n) is 13.6. The molecule has 0 saturated heterocycles. The number of hydrogen-bond donors (Lipinski definition) is 0. The van der Waals surface area contributed by atoms with Crippen LogP contribution in [0.1, 0.15) is 31.0 Å². The van der Waals surface area contributed by atoms with Crippen molar-refractivity contribution in [2.75, 3.05) is 0 Å². The monoisotopic (exact) mass is 557 g/mol. The molecule has 1 atom stereocenters. The van der Waals surface area contributed by atoms with E-state index in [2.05, 4.69) is 67.5 Å². The van der Waals surface area contributed by atoms with E-state index in [1.807, 2.05) is 6.07 Å². The third-order valence-corrected chi connectivity index (χ3v) is 4.03. The first-order valence-electron chi connectivity index (χ1n) is 7.07. The van der Waals surface area contributed by atoms with E-state index < -0.39 is 0 Å². The number of rotatable bonds is 1. The third kappa shape index (κ3) is 3.41. The number of fused-ring (bicyclic) bond motifs is 6. The van der Waals surface area contributed by atoms with Crippen molar-refractivity contribution in [2.24, 2.45) is 0 Å². The smallest absolute Gasteiger partial charge is 0.560 e. The topological polar surface area (TPSA) is 17.3 Å². The largest absolute Gasteiger partial charge is 3.00 e. The van der Waals surface area contributed by atoms with E-state index in [0.717, 1.165) is 0 Å². The summed E-state index contributed by atoms with van der Waals surface area (Å²) in [6, 6.07) is 18.7. The fourth-order valence-corrected chi connectivity index (χ4v) is 3.04. The Morgan fingerprint density at radius 3 is 2.39 bits per heavy atom. The summed E-state index contributed by atoms with van der Waals surface area (Å²) in [4.78, 5) is 0. The molecule has 0 fully saturated rings. The summed E-state index contributed by atoms with van der Waals surface area (Å²) in [5, 5.41) is 2.08. The minimum absolute atomic E-state index is 0. The fraction of sp³-hybridized carbons (Fsp3) is 0.211. The van der Waals surface area contributed by atoms with E-state index in [-0.39, 0.29) is 66.3 Å². The maximum absolute atomic E-state index is 4.86. The molecular formula is C19H19IrN2Y. The molecule has 0 bridgehead atoms. The Kier molecular flexibility index (Phi) is 7.38. The first kappa shape index (κ1) is 20.7. The van der Waals surface area contributed by atoms with Crippen molar-refractivity contribution in [1.29, 1.82) is 0 Å². The van der Waals surface area contributed by atoms with E-state index in [4.69, 9.17) is 5.43 Å². The summed E-state index contributed by atoms with van der Waals surface area (Å²) in [5.74, 6) is 0. The zero-order chi connectivity index (χ0) is 13.7. The van der Waals surface area contributed by atoms with Gasteiger partial charge in [0, 0.05) is 38.8 Å². The molecule has 23 heavy (non-hydrogen) atoms. The second-order valence-electron chi connectivity index (χ2n) is 5.62. The number of nitrogens with zero attached hydrogens (tertiary/aromatic N) is 2. The van der Waals surface area contributed by atoms with Crippen LogP contribution in [0, 0.1) is 13.5 Å². The van der Waals surface area contributed by atoms with Gasteiger partial charge in [-0.05, 0) is 31.2 Å². The quantitative estimate of drug-likeness (QED) is 0.452. The molecule has 0 aromatic heterocycles. The van der Waals surface area contributed by atoms with Gasteiger partial charge in [-0.1, -0.05) is 35.9 Å². The Labute approximate surface area is 177 Å². The molecule has 4 heteroatoms. The molecule has 1 aliphatic carbocycles. The van der Waals surface area contributed by atoms with Crippen LogP contribution in [-0.2, 0) is 52.8 Å². The average molecular weight is 556 g/mol. The summed E-state index contributed by atoms with van der Waals surface area (Å²) in [6.45, 7) is 4.33. The molecule has 2 aliphatic rings. The normalized spacial score (nSPS) is 16.9. The van der Waals surface area contributed by atoms with Gasteiger partial charge in [0.15, 0.2) is 0 Å². The molecule has 1 heterocycles. The van der Waals surface area contributed by atoms with E-state index in [1.54, 1.807) is 0 Å². The Balaban J connectivity index is 0.000000882. The molecule has 0 saturated carbocycles. The Hall–Kier alpha value is -0.307.